The molecule has 3 rings (SSSR count). The van der Waals surface area contributed by atoms with Crippen LogP contribution in [0.5, 0.6) is 17.2 Å². The monoisotopic (exact) mass is 328 g/mol. The predicted octanol–water partition coefficient (Wildman–Crippen LogP) is 6.19. The largest absolute Gasteiger partial charge is 0.493 e. The molecule has 0 saturated carbocycles. The highest BCUT2D eigenvalue weighted by Gasteiger charge is 2.07. The van der Waals surface area contributed by atoms with E-state index < -0.39 is 0 Å². The first-order valence-electron chi connectivity index (χ1n) is 8.04. The second kappa shape index (κ2) is 7.54. The molecular formula is C23H20O2. The molecule has 0 heterocycles. The smallest absolute Gasteiger partial charge is 0.169 e. The first-order valence-corrected chi connectivity index (χ1v) is 8.04. The maximum Gasteiger partial charge on any atom is 0.169 e. The lowest BCUT2D eigenvalue weighted by atomic mass is 10.00. The van der Waals surface area contributed by atoms with Crippen molar-refractivity contribution >= 4 is 11.6 Å². The third-order valence-corrected chi connectivity index (χ3v) is 3.98. The number of hydrogen-bond acceptors (Lipinski definition) is 2. The predicted molar refractivity (Wildman–Crippen MR) is 104 cm³/mol. The topological polar surface area (TPSA) is 18.5 Å². The summed E-state index contributed by atoms with van der Waals surface area (Å²) in [5, 5.41) is 0. The van der Waals surface area contributed by atoms with Crippen LogP contribution in [0.3, 0.4) is 0 Å². The minimum Gasteiger partial charge on any atom is -0.493 e. The Morgan fingerprint density at radius 3 is 2.16 bits per heavy atom. The number of rotatable bonds is 6. The quantitative estimate of drug-likeness (QED) is 0.537. The third kappa shape index (κ3) is 3.81. The molecule has 0 N–H and O–H groups in total. The Kier molecular flexibility index (Phi) is 5.00. The number of ether oxygens (including phenoxy) is 2. The second-order valence-electron chi connectivity index (χ2n) is 5.59. The fraction of sp³-hybridized carbons (Fsp3) is 0.0435. The number of methoxy groups -OCH3 is 1. The molecule has 0 unspecified atom stereocenters. The first-order chi connectivity index (χ1) is 12.2. The third-order valence-electron chi connectivity index (χ3n) is 3.98. The Balaban J connectivity index is 1.79. The van der Waals surface area contributed by atoms with Crippen LogP contribution in [0.25, 0.3) is 11.6 Å². The van der Waals surface area contributed by atoms with Crippen LogP contribution in [-0.2, 0) is 0 Å². The van der Waals surface area contributed by atoms with Crippen LogP contribution in [0.4, 0.5) is 0 Å². The van der Waals surface area contributed by atoms with Gasteiger partial charge in [-0.25, -0.2) is 0 Å². The van der Waals surface area contributed by atoms with Crippen molar-refractivity contribution in [1.29, 1.82) is 0 Å². The van der Waals surface area contributed by atoms with Crippen molar-refractivity contribution in [3.63, 3.8) is 0 Å². The molecule has 25 heavy (non-hydrogen) atoms. The molecule has 124 valence electrons. The molecule has 0 atom stereocenters. The summed E-state index contributed by atoms with van der Waals surface area (Å²) in [6.45, 7) is 7.95. The molecule has 0 aromatic heterocycles. The van der Waals surface area contributed by atoms with Crippen molar-refractivity contribution in [2.24, 2.45) is 0 Å². The molecule has 2 heteroatoms. The van der Waals surface area contributed by atoms with Crippen molar-refractivity contribution in [3.05, 3.63) is 103 Å². The summed E-state index contributed by atoms with van der Waals surface area (Å²) >= 11 is 0. The van der Waals surface area contributed by atoms with E-state index in [0.29, 0.717) is 11.5 Å². The Labute approximate surface area is 148 Å². The molecular weight excluding hydrogens is 308 g/mol. The van der Waals surface area contributed by atoms with Gasteiger partial charge in [-0.2, -0.15) is 0 Å². The summed E-state index contributed by atoms with van der Waals surface area (Å²) in [6.07, 6.45) is 1.77. The number of hydrogen-bond donors (Lipinski definition) is 0. The lowest BCUT2D eigenvalue weighted by molar-refractivity contribution is 0.379. The summed E-state index contributed by atoms with van der Waals surface area (Å²) in [4.78, 5) is 0. The fourth-order valence-electron chi connectivity index (χ4n) is 2.55. The van der Waals surface area contributed by atoms with E-state index in [1.54, 1.807) is 13.2 Å². The van der Waals surface area contributed by atoms with Gasteiger partial charge in [0.1, 0.15) is 5.75 Å². The highest BCUT2D eigenvalue weighted by molar-refractivity contribution is 5.78. The summed E-state index contributed by atoms with van der Waals surface area (Å²) in [5.41, 5.74) is 4.14. The van der Waals surface area contributed by atoms with E-state index in [4.69, 9.17) is 9.47 Å². The summed E-state index contributed by atoms with van der Waals surface area (Å²) in [5.74, 6) is 2.09. The highest BCUT2D eigenvalue weighted by Crippen LogP contribution is 2.33. The van der Waals surface area contributed by atoms with Crippen LogP contribution in [0, 0.1) is 0 Å². The average Bonchev–Trinajstić information content (AvgIpc) is 2.69. The Bertz CT molecular complexity index is 878. The zero-order valence-electron chi connectivity index (χ0n) is 14.2. The van der Waals surface area contributed by atoms with Gasteiger partial charge in [0.25, 0.3) is 0 Å². The van der Waals surface area contributed by atoms with Crippen LogP contribution in [0.1, 0.15) is 16.7 Å². The lowest BCUT2D eigenvalue weighted by Gasteiger charge is -2.12. The van der Waals surface area contributed by atoms with Gasteiger partial charge in [0, 0.05) is 0 Å². The lowest BCUT2D eigenvalue weighted by Crippen LogP contribution is -1.91. The number of benzene rings is 3. The minimum atomic E-state index is 0.669. The molecule has 0 spiro atoms. The molecule has 0 radical (unpaired) electrons. The van der Waals surface area contributed by atoms with Gasteiger partial charge < -0.3 is 9.47 Å². The molecule has 0 bridgehead atoms. The van der Waals surface area contributed by atoms with Gasteiger partial charge in [-0.15, -0.1) is 0 Å². The van der Waals surface area contributed by atoms with Crippen LogP contribution in [0.15, 0.2) is 86.0 Å². The van der Waals surface area contributed by atoms with E-state index in [2.05, 4.69) is 25.3 Å². The van der Waals surface area contributed by atoms with E-state index in [1.807, 2.05) is 60.7 Å². The van der Waals surface area contributed by atoms with Crippen LogP contribution in [0.2, 0.25) is 0 Å². The van der Waals surface area contributed by atoms with Gasteiger partial charge >= 0.3 is 0 Å². The Hall–Kier alpha value is -3.26. The maximum absolute atomic E-state index is 5.95. The molecule has 0 aliphatic rings. The van der Waals surface area contributed by atoms with Crippen molar-refractivity contribution < 1.29 is 9.47 Å². The van der Waals surface area contributed by atoms with E-state index in [-0.39, 0.29) is 0 Å². The molecule has 0 aliphatic heterocycles. The molecule has 3 aromatic carbocycles. The van der Waals surface area contributed by atoms with Gasteiger partial charge in [0.05, 0.1) is 7.11 Å². The summed E-state index contributed by atoms with van der Waals surface area (Å²) in [7, 11) is 1.63. The van der Waals surface area contributed by atoms with Crippen molar-refractivity contribution in [2.75, 3.05) is 7.11 Å². The zero-order chi connectivity index (χ0) is 17.6. The van der Waals surface area contributed by atoms with Gasteiger partial charge in [-0.05, 0) is 46.5 Å². The van der Waals surface area contributed by atoms with Gasteiger partial charge in [0.2, 0.25) is 0 Å². The van der Waals surface area contributed by atoms with Gasteiger partial charge in [-0.1, -0.05) is 67.8 Å². The van der Waals surface area contributed by atoms with Gasteiger partial charge in [0.15, 0.2) is 11.5 Å². The molecule has 0 fully saturated rings. The Morgan fingerprint density at radius 2 is 1.52 bits per heavy atom. The van der Waals surface area contributed by atoms with Crippen LogP contribution < -0.4 is 9.47 Å². The van der Waals surface area contributed by atoms with Crippen molar-refractivity contribution in [2.45, 2.75) is 0 Å². The van der Waals surface area contributed by atoms with Gasteiger partial charge in [-0.3, -0.25) is 0 Å². The van der Waals surface area contributed by atoms with E-state index in [0.717, 1.165) is 28.0 Å². The van der Waals surface area contributed by atoms with Crippen molar-refractivity contribution in [3.8, 4) is 17.2 Å². The zero-order valence-corrected chi connectivity index (χ0v) is 14.2. The van der Waals surface area contributed by atoms with E-state index in [9.17, 15) is 0 Å². The SMILES string of the molecule is C=Cc1ccc(Oc2ccc(C(=C)c3ccccc3)cc2)c(OC)c1. The Morgan fingerprint density at radius 1 is 0.840 bits per heavy atom. The second-order valence-corrected chi connectivity index (χ2v) is 5.59. The highest BCUT2D eigenvalue weighted by atomic mass is 16.5. The van der Waals surface area contributed by atoms with E-state index >= 15 is 0 Å². The summed E-state index contributed by atoms with van der Waals surface area (Å²) < 4.78 is 11.3. The first kappa shape index (κ1) is 16.6. The maximum atomic E-state index is 5.95. The van der Waals surface area contributed by atoms with Crippen LogP contribution in [-0.4, -0.2) is 7.11 Å². The molecule has 0 saturated heterocycles. The van der Waals surface area contributed by atoms with Crippen LogP contribution >= 0.6 is 0 Å². The standard InChI is InChI=1S/C23H20O2/c1-4-18-10-15-22(23(16-18)24-3)25-21-13-11-20(12-14-21)17(2)19-8-6-5-7-9-19/h4-16H,1-2H2,3H3. The minimum absolute atomic E-state index is 0.669. The molecule has 2 nitrogen and oxygen atoms in total. The molecule has 0 aliphatic carbocycles. The fourth-order valence-corrected chi connectivity index (χ4v) is 2.55. The molecule has 0 amide bonds. The van der Waals surface area contributed by atoms with E-state index in [1.165, 1.54) is 0 Å². The molecule has 3 aromatic rings. The summed E-state index contributed by atoms with van der Waals surface area (Å²) in [6, 6.07) is 23.7. The normalized spacial score (nSPS) is 10.1. The van der Waals surface area contributed by atoms with Crippen molar-refractivity contribution in [1.82, 2.24) is 0 Å². The average molecular weight is 328 g/mol.